The van der Waals surface area contributed by atoms with E-state index < -0.39 is 58.3 Å². The number of carbonyl (C=O) groups is 4. The van der Waals surface area contributed by atoms with Gasteiger partial charge in [-0.05, 0) is 105 Å². The standard InChI is InChI=1S/C41H65BrN2O8/c1-23(2)24(3)37(6)17-18-39(8)27-13-14-31-38(7)21-50-22-41(31,28(27)15-16-40(39,9)32(37)35(47)48)20-30(51-26(5)45)33(38)52-36(49)29(43)12-10-11-19-44-34(46)25(4)42/h15,23-25,27,29-33H,10-14,16-22,43H2,1-9H3,(H,44,46)(H,47,48)/t24-,25?,27+,29?,30-,31+,32-,33+,37-,38-,39-,40+,41-/m1/s1. The summed E-state index contributed by atoms with van der Waals surface area (Å²) in [6.07, 6.45) is 7.47. The van der Waals surface area contributed by atoms with E-state index in [2.05, 4.69) is 75.8 Å². The summed E-state index contributed by atoms with van der Waals surface area (Å²) in [6.45, 7) is 20.1. The number of allylic oxidation sites excluding steroid dienone is 1. The van der Waals surface area contributed by atoms with Gasteiger partial charge in [0.05, 0.1) is 24.0 Å². The number of esters is 2. The highest BCUT2D eigenvalue weighted by atomic mass is 79.9. The lowest BCUT2D eigenvalue weighted by Crippen LogP contribution is -2.70. The molecule has 5 aliphatic rings. The van der Waals surface area contributed by atoms with E-state index in [9.17, 15) is 24.3 Å². The smallest absolute Gasteiger partial charge is 0.323 e. The number of rotatable bonds is 12. The predicted octanol–water partition coefficient (Wildman–Crippen LogP) is 6.82. The number of hydrogen-bond acceptors (Lipinski definition) is 8. The number of carboxylic acid groups (broad SMARTS) is 1. The molecule has 2 unspecified atom stereocenters. The van der Waals surface area contributed by atoms with Gasteiger partial charge in [0.15, 0.2) is 0 Å². The monoisotopic (exact) mass is 792 g/mol. The molecule has 4 aliphatic carbocycles. The Morgan fingerprint density at radius 2 is 1.71 bits per heavy atom. The lowest BCUT2D eigenvalue weighted by molar-refractivity contribution is -0.263. The lowest BCUT2D eigenvalue weighted by Gasteiger charge is -2.71. The summed E-state index contributed by atoms with van der Waals surface area (Å²) >= 11 is 3.26. The third-order valence-electron chi connectivity index (χ3n) is 15.5. The molecule has 13 atom stereocenters. The van der Waals surface area contributed by atoms with Crippen LogP contribution in [0.4, 0.5) is 0 Å². The summed E-state index contributed by atoms with van der Waals surface area (Å²) in [5, 5.41) is 13.8. The number of alkyl halides is 1. The Balaban J connectivity index is 1.43. The first-order valence-electron chi connectivity index (χ1n) is 19.8. The molecule has 294 valence electrons. The third-order valence-corrected chi connectivity index (χ3v) is 16.0. The van der Waals surface area contributed by atoms with Crippen molar-refractivity contribution in [3.05, 3.63) is 11.6 Å². The van der Waals surface area contributed by atoms with Crippen molar-refractivity contribution >= 4 is 39.7 Å². The second-order valence-electron chi connectivity index (χ2n) is 18.6. The number of amides is 1. The molecule has 0 aromatic carbocycles. The molecule has 5 rings (SSSR count). The number of aliphatic carboxylic acids is 1. The highest BCUT2D eigenvalue weighted by molar-refractivity contribution is 9.10. The van der Waals surface area contributed by atoms with Gasteiger partial charge in [-0.1, -0.05) is 76.0 Å². The molecular formula is C41H65BrN2O8. The normalized spacial score (nSPS) is 41.2. The predicted molar refractivity (Wildman–Crippen MR) is 202 cm³/mol. The van der Waals surface area contributed by atoms with Crippen LogP contribution in [-0.4, -0.2) is 71.8 Å². The molecule has 2 bridgehead atoms. The lowest BCUT2D eigenvalue weighted by atomic mass is 9.34. The first-order chi connectivity index (χ1) is 24.2. The Hall–Kier alpha value is -1.98. The van der Waals surface area contributed by atoms with Crippen LogP contribution in [0.2, 0.25) is 0 Å². The molecule has 52 heavy (non-hydrogen) atoms. The molecule has 1 amide bonds. The summed E-state index contributed by atoms with van der Waals surface area (Å²) in [4.78, 5) is 51.2. The zero-order chi connectivity index (χ0) is 38.6. The van der Waals surface area contributed by atoms with Crippen molar-refractivity contribution < 1.29 is 38.5 Å². The Morgan fingerprint density at radius 1 is 1.02 bits per heavy atom. The van der Waals surface area contributed by atoms with Gasteiger partial charge in [-0.2, -0.15) is 0 Å². The molecule has 4 fully saturated rings. The SMILES string of the molecule is CC(=O)O[C@@H]1C[C@]23COC[C@](C)([C@@H]2CC[C@H]2C3=CC[C@@]3(C)[C@H](C(=O)O)[C@@](C)([C@H](C)C(C)C)CC[C@]23C)[C@H]1OC(=O)C(N)CCCCNC(=O)C(C)Br. The number of fused-ring (bicyclic) bond motifs is 3. The van der Waals surface area contributed by atoms with Gasteiger partial charge in [-0.25, -0.2) is 0 Å². The molecule has 0 spiro atoms. The van der Waals surface area contributed by atoms with Gasteiger partial charge in [0.1, 0.15) is 18.2 Å². The van der Waals surface area contributed by atoms with Crippen molar-refractivity contribution in [2.45, 2.75) is 143 Å². The molecule has 10 nitrogen and oxygen atoms in total. The minimum Gasteiger partial charge on any atom is -0.481 e. The van der Waals surface area contributed by atoms with Gasteiger partial charge >= 0.3 is 17.9 Å². The zero-order valence-corrected chi connectivity index (χ0v) is 34.6. The number of halogens is 1. The summed E-state index contributed by atoms with van der Waals surface area (Å²) in [6, 6.07) is -0.851. The van der Waals surface area contributed by atoms with E-state index in [4.69, 9.17) is 19.9 Å². The first kappa shape index (κ1) is 41.2. The maximum Gasteiger partial charge on any atom is 0.323 e. The minimum absolute atomic E-state index is 0.0832. The number of carboxylic acids is 1. The van der Waals surface area contributed by atoms with Crippen molar-refractivity contribution in [2.24, 2.45) is 62.4 Å². The number of unbranched alkanes of at least 4 members (excludes halogenated alkanes) is 1. The molecule has 3 saturated carbocycles. The summed E-state index contributed by atoms with van der Waals surface area (Å²) in [7, 11) is 0. The second-order valence-corrected chi connectivity index (χ2v) is 19.9. The van der Waals surface area contributed by atoms with Crippen LogP contribution in [0.3, 0.4) is 0 Å². The highest BCUT2D eigenvalue weighted by Gasteiger charge is 2.72. The minimum atomic E-state index is -0.851. The molecule has 0 aromatic heterocycles. The fourth-order valence-corrected chi connectivity index (χ4v) is 12.4. The maximum atomic E-state index is 13.6. The topological polar surface area (TPSA) is 154 Å². The number of nitrogens with two attached hydrogens (primary N) is 1. The van der Waals surface area contributed by atoms with Gasteiger partial charge in [0.25, 0.3) is 0 Å². The van der Waals surface area contributed by atoms with Crippen LogP contribution in [0.15, 0.2) is 11.6 Å². The average molecular weight is 794 g/mol. The van der Waals surface area contributed by atoms with E-state index in [0.717, 1.165) is 25.7 Å². The molecule has 1 aliphatic heterocycles. The Morgan fingerprint density at radius 3 is 2.33 bits per heavy atom. The highest BCUT2D eigenvalue weighted by Crippen LogP contribution is 2.75. The van der Waals surface area contributed by atoms with E-state index in [1.54, 1.807) is 6.92 Å². The summed E-state index contributed by atoms with van der Waals surface area (Å²) in [5.74, 6) is -1.28. The first-order valence-corrected chi connectivity index (χ1v) is 20.7. The van der Waals surface area contributed by atoms with Crippen LogP contribution in [0, 0.1) is 56.7 Å². The third kappa shape index (κ3) is 6.69. The van der Waals surface area contributed by atoms with Gasteiger partial charge in [-0.3, -0.25) is 19.2 Å². The van der Waals surface area contributed by atoms with Crippen molar-refractivity contribution in [1.82, 2.24) is 5.32 Å². The summed E-state index contributed by atoms with van der Waals surface area (Å²) < 4.78 is 18.9. The van der Waals surface area contributed by atoms with Crippen LogP contribution < -0.4 is 11.1 Å². The van der Waals surface area contributed by atoms with Crippen LogP contribution in [0.1, 0.15) is 120 Å². The van der Waals surface area contributed by atoms with Gasteiger partial charge in [-0.15, -0.1) is 0 Å². The van der Waals surface area contributed by atoms with Crippen molar-refractivity contribution in [3.8, 4) is 0 Å². The van der Waals surface area contributed by atoms with Crippen LogP contribution in [0.25, 0.3) is 0 Å². The molecule has 4 N–H and O–H groups in total. The van der Waals surface area contributed by atoms with E-state index >= 15 is 0 Å². The van der Waals surface area contributed by atoms with Crippen molar-refractivity contribution in [3.63, 3.8) is 0 Å². The van der Waals surface area contributed by atoms with E-state index in [0.29, 0.717) is 57.8 Å². The van der Waals surface area contributed by atoms with E-state index in [1.165, 1.54) is 12.5 Å². The average Bonchev–Trinajstić information content (AvgIpc) is 3.05. The van der Waals surface area contributed by atoms with Crippen LogP contribution >= 0.6 is 15.9 Å². The van der Waals surface area contributed by atoms with Gasteiger partial charge < -0.3 is 30.4 Å². The Kier molecular flexibility index (Phi) is 11.8. The largest absolute Gasteiger partial charge is 0.481 e. The molecule has 1 heterocycles. The number of carbonyl (C=O) groups excluding carboxylic acids is 3. The van der Waals surface area contributed by atoms with Gasteiger partial charge in [0, 0.05) is 24.3 Å². The second kappa shape index (κ2) is 14.9. The van der Waals surface area contributed by atoms with E-state index in [-0.39, 0.29) is 39.3 Å². The molecular weight excluding hydrogens is 728 g/mol. The van der Waals surface area contributed by atoms with Crippen LogP contribution in [0.5, 0.6) is 0 Å². The summed E-state index contributed by atoms with van der Waals surface area (Å²) in [5.41, 5.74) is 5.65. The number of ether oxygens (including phenoxy) is 3. The molecule has 0 aromatic rings. The molecule has 0 radical (unpaired) electrons. The van der Waals surface area contributed by atoms with Crippen molar-refractivity contribution in [2.75, 3.05) is 19.8 Å². The molecule has 1 saturated heterocycles. The quantitative estimate of drug-likeness (QED) is 0.0837. The van der Waals surface area contributed by atoms with Crippen LogP contribution in [-0.2, 0) is 33.4 Å². The zero-order valence-electron chi connectivity index (χ0n) is 33.0. The van der Waals surface area contributed by atoms with Gasteiger partial charge in [0.2, 0.25) is 5.91 Å². The fraction of sp³-hybridized carbons (Fsp3) is 0.854. The molecule has 11 heteroatoms. The Labute approximate surface area is 319 Å². The Bertz CT molecular complexity index is 1430. The van der Waals surface area contributed by atoms with Crippen molar-refractivity contribution in [1.29, 1.82) is 0 Å². The van der Waals surface area contributed by atoms with E-state index in [1.807, 2.05) is 0 Å². The number of hydrogen-bond donors (Lipinski definition) is 3. The fourth-order valence-electron chi connectivity index (χ4n) is 12.3. The number of nitrogens with one attached hydrogen (secondary N) is 1. The maximum absolute atomic E-state index is 13.6.